The van der Waals surface area contributed by atoms with E-state index >= 15 is 0 Å². The van der Waals surface area contributed by atoms with Crippen LogP contribution in [0.1, 0.15) is 38.2 Å². The molecule has 1 heterocycles. The Hall–Kier alpha value is -0.970. The molecule has 1 N–H and O–H groups in total. The normalized spacial score (nSPS) is 32.0. The van der Waals surface area contributed by atoms with Crippen LogP contribution < -0.4 is 5.32 Å². The lowest BCUT2D eigenvalue weighted by atomic mass is 9.76. The van der Waals surface area contributed by atoms with Crippen molar-refractivity contribution in [3.8, 4) is 0 Å². The molecule has 0 aromatic heterocycles. The predicted octanol–water partition coefficient (Wildman–Crippen LogP) is 2.81. The number of rotatable bonds is 4. The van der Waals surface area contributed by atoms with Gasteiger partial charge in [0.15, 0.2) is 5.79 Å². The molecule has 110 valence electrons. The van der Waals surface area contributed by atoms with Gasteiger partial charge in [-0.1, -0.05) is 12.1 Å². The first-order valence-electron chi connectivity index (χ1n) is 7.32. The van der Waals surface area contributed by atoms with Crippen molar-refractivity contribution in [1.29, 1.82) is 0 Å². The van der Waals surface area contributed by atoms with Crippen LogP contribution in [0.4, 0.5) is 4.39 Å². The molecule has 2 aliphatic rings. The fraction of sp³-hybridized carbons (Fsp3) is 0.625. The van der Waals surface area contributed by atoms with Crippen LogP contribution in [0.5, 0.6) is 0 Å². The molecule has 3 rings (SSSR count). The van der Waals surface area contributed by atoms with Crippen molar-refractivity contribution in [1.82, 2.24) is 5.32 Å². The molecule has 1 atom stereocenters. The SMILES string of the molecule is CC1(C)OCC(CNC2CC(c3ccc(F)cc3)C2)O1. The number of ether oxygens (including phenoxy) is 2. The van der Waals surface area contributed by atoms with Gasteiger partial charge in [0.2, 0.25) is 0 Å². The smallest absolute Gasteiger partial charge is 0.163 e. The van der Waals surface area contributed by atoms with E-state index in [1.807, 2.05) is 26.0 Å². The molecule has 1 aliphatic heterocycles. The fourth-order valence-electron chi connectivity index (χ4n) is 2.95. The lowest BCUT2D eigenvalue weighted by Crippen LogP contribution is -2.44. The van der Waals surface area contributed by atoms with E-state index in [9.17, 15) is 4.39 Å². The van der Waals surface area contributed by atoms with Crippen molar-refractivity contribution in [2.45, 2.75) is 50.5 Å². The highest BCUT2D eigenvalue weighted by Crippen LogP contribution is 2.37. The molecule has 0 spiro atoms. The summed E-state index contributed by atoms with van der Waals surface area (Å²) >= 11 is 0. The fourth-order valence-corrected chi connectivity index (χ4v) is 2.95. The third kappa shape index (κ3) is 3.19. The maximum Gasteiger partial charge on any atom is 0.163 e. The molecule has 1 unspecified atom stereocenters. The minimum absolute atomic E-state index is 0.148. The first kappa shape index (κ1) is 14.0. The summed E-state index contributed by atoms with van der Waals surface area (Å²) in [4.78, 5) is 0. The van der Waals surface area contributed by atoms with Gasteiger partial charge in [0.25, 0.3) is 0 Å². The van der Waals surface area contributed by atoms with E-state index in [1.165, 1.54) is 5.56 Å². The van der Waals surface area contributed by atoms with E-state index < -0.39 is 5.79 Å². The van der Waals surface area contributed by atoms with Gasteiger partial charge in [0.05, 0.1) is 12.7 Å². The largest absolute Gasteiger partial charge is 0.348 e. The van der Waals surface area contributed by atoms with Gasteiger partial charge in [-0.25, -0.2) is 4.39 Å². The van der Waals surface area contributed by atoms with Gasteiger partial charge in [-0.2, -0.15) is 0 Å². The molecule has 0 bridgehead atoms. The van der Waals surface area contributed by atoms with Crippen molar-refractivity contribution in [3.63, 3.8) is 0 Å². The summed E-state index contributed by atoms with van der Waals surface area (Å²) in [5.41, 5.74) is 1.24. The Morgan fingerprint density at radius 1 is 1.25 bits per heavy atom. The Balaban J connectivity index is 1.39. The summed E-state index contributed by atoms with van der Waals surface area (Å²) in [5, 5.41) is 3.53. The minimum Gasteiger partial charge on any atom is -0.348 e. The molecule has 0 radical (unpaired) electrons. The zero-order chi connectivity index (χ0) is 14.2. The number of halogens is 1. The number of hydrogen-bond acceptors (Lipinski definition) is 3. The number of nitrogens with one attached hydrogen (secondary N) is 1. The van der Waals surface area contributed by atoms with Crippen LogP contribution in [0.2, 0.25) is 0 Å². The molecular formula is C16H22FNO2. The number of benzene rings is 1. The van der Waals surface area contributed by atoms with Crippen molar-refractivity contribution in [3.05, 3.63) is 35.6 Å². The van der Waals surface area contributed by atoms with Gasteiger partial charge in [-0.3, -0.25) is 0 Å². The van der Waals surface area contributed by atoms with Crippen molar-refractivity contribution in [2.75, 3.05) is 13.2 Å². The van der Waals surface area contributed by atoms with Crippen molar-refractivity contribution < 1.29 is 13.9 Å². The molecule has 20 heavy (non-hydrogen) atoms. The standard InChI is InChI=1S/C16H22FNO2/c1-16(2)19-10-15(20-16)9-18-14-7-12(8-14)11-3-5-13(17)6-4-11/h3-6,12,14-15,18H,7-10H2,1-2H3. The highest BCUT2D eigenvalue weighted by molar-refractivity contribution is 5.23. The third-order valence-corrected chi connectivity index (χ3v) is 4.18. The van der Waals surface area contributed by atoms with Gasteiger partial charge in [-0.15, -0.1) is 0 Å². The summed E-state index contributed by atoms with van der Waals surface area (Å²) in [6.07, 6.45) is 2.38. The quantitative estimate of drug-likeness (QED) is 0.919. The van der Waals surface area contributed by atoms with E-state index in [1.54, 1.807) is 12.1 Å². The van der Waals surface area contributed by atoms with E-state index in [2.05, 4.69) is 5.32 Å². The lowest BCUT2D eigenvalue weighted by Gasteiger charge is -2.37. The Morgan fingerprint density at radius 2 is 1.95 bits per heavy atom. The second kappa shape index (κ2) is 5.43. The van der Waals surface area contributed by atoms with Gasteiger partial charge >= 0.3 is 0 Å². The Bertz CT molecular complexity index is 454. The monoisotopic (exact) mass is 279 g/mol. The lowest BCUT2D eigenvalue weighted by molar-refractivity contribution is -0.138. The molecule has 1 aliphatic carbocycles. The average Bonchev–Trinajstić information content (AvgIpc) is 2.69. The maximum atomic E-state index is 12.9. The molecule has 0 amide bonds. The molecule has 1 saturated heterocycles. The molecular weight excluding hydrogens is 257 g/mol. The van der Waals surface area contributed by atoms with Crippen LogP contribution in [-0.2, 0) is 9.47 Å². The molecule has 1 saturated carbocycles. The highest BCUT2D eigenvalue weighted by atomic mass is 19.1. The summed E-state index contributed by atoms with van der Waals surface area (Å²) in [7, 11) is 0. The molecule has 1 aromatic rings. The third-order valence-electron chi connectivity index (χ3n) is 4.18. The van der Waals surface area contributed by atoms with E-state index in [4.69, 9.17) is 9.47 Å². The molecule has 2 fully saturated rings. The highest BCUT2D eigenvalue weighted by Gasteiger charge is 2.34. The van der Waals surface area contributed by atoms with Crippen LogP contribution in [0.15, 0.2) is 24.3 Å². The topological polar surface area (TPSA) is 30.5 Å². The summed E-state index contributed by atoms with van der Waals surface area (Å²) in [5.74, 6) is -0.0446. The first-order valence-corrected chi connectivity index (χ1v) is 7.32. The zero-order valence-electron chi connectivity index (χ0n) is 12.1. The van der Waals surface area contributed by atoms with E-state index in [-0.39, 0.29) is 11.9 Å². The van der Waals surface area contributed by atoms with E-state index in [0.717, 1.165) is 19.4 Å². The van der Waals surface area contributed by atoms with Crippen LogP contribution in [0.25, 0.3) is 0 Å². The first-order chi connectivity index (χ1) is 9.52. The minimum atomic E-state index is -0.442. The second-order valence-electron chi connectivity index (χ2n) is 6.28. The summed E-state index contributed by atoms with van der Waals surface area (Å²) < 4.78 is 24.2. The Morgan fingerprint density at radius 3 is 2.55 bits per heavy atom. The average molecular weight is 279 g/mol. The molecule has 4 heteroatoms. The summed E-state index contributed by atoms with van der Waals surface area (Å²) in [6.45, 7) is 5.39. The van der Waals surface area contributed by atoms with Gasteiger partial charge in [-0.05, 0) is 50.3 Å². The van der Waals surface area contributed by atoms with Crippen molar-refractivity contribution in [2.24, 2.45) is 0 Å². The summed E-state index contributed by atoms with van der Waals surface area (Å²) in [6, 6.07) is 7.42. The van der Waals surface area contributed by atoms with E-state index in [0.29, 0.717) is 18.6 Å². The molecule has 3 nitrogen and oxygen atoms in total. The van der Waals surface area contributed by atoms with Gasteiger partial charge < -0.3 is 14.8 Å². The van der Waals surface area contributed by atoms with Gasteiger partial charge in [0, 0.05) is 12.6 Å². The van der Waals surface area contributed by atoms with Crippen molar-refractivity contribution >= 4 is 0 Å². The Kier molecular flexibility index (Phi) is 3.80. The van der Waals surface area contributed by atoms with Crippen LogP contribution in [0.3, 0.4) is 0 Å². The zero-order valence-corrected chi connectivity index (χ0v) is 12.1. The molecule has 1 aromatic carbocycles. The predicted molar refractivity (Wildman–Crippen MR) is 75.1 cm³/mol. The van der Waals surface area contributed by atoms with Gasteiger partial charge in [0.1, 0.15) is 5.82 Å². The number of hydrogen-bond donors (Lipinski definition) is 1. The van der Waals surface area contributed by atoms with Crippen LogP contribution in [0, 0.1) is 5.82 Å². The van der Waals surface area contributed by atoms with Crippen LogP contribution in [-0.4, -0.2) is 31.1 Å². The Labute approximate surface area is 119 Å². The van der Waals surface area contributed by atoms with Crippen LogP contribution >= 0.6 is 0 Å². The second-order valence-corrected chi connectivity index (χ2v) is 6.28. The maximum absolute atomic E-state index is 12.9.